The Morgan fingerprint density at radius 2 is 2.17 bits per heavy atom. The topological polar surface area (TPSA) is 65.4 Å². The summed E-state index contributed by atoms with van der Waals surface area (Å²) in [5, 5.41) is 7.24. The van der Waals surface area contributed by atoms with Gasteiger partial charge in [-0.25, -0.2) is 4.68 Å². The maximum Gasteiger partial charge on any atom is 0.270 e. The zero-order valence-corrected chi connectivity index (χ0v) is 13.4. The Morgan fingerprint density at radius 3 is 2.96 bits per heavy atom. The van der Waals surface area contributed by atoms with Crippen molar-refractivity contribution in [1.29, 1.82) is 0 Å². The van der Waals surface area contributed by atoms with Gasteiger partial charge in [-0.3, -0.25) is 4.79 Å². The molecule has 0 aliphatic carbocycles. The van der Waals surface area contributed by atoms with E-state index in [1.54, 1.807) is 12.3 Å². The Labute approximate surface area is 135 Å². The fourth-order valence-corrected chi connectivity index (χ4v) is 2.47. The molecule has 1 atom stereocenters. The summed E-state index contributed by atoms with van der Waals surface area (Å²) in [4.78, 5) is 12.5. The van der Waals surface area contributed by atoms with Crippen molar-refractivity contribution in [3.63, 3.8) is 0 Å². The molecule has 0 bridgehead atoms. The van der Waals surface area contributed by atoms with Gasteiger partial charge < -0.3 is 14.8 Å². The first-order valence-corrected chi connectivity index (χ1v) is 7.90. The van der Waals surface area contributed by atoms with Gasteiger partial charge in [-0.15, -0.1) is 0 Å². The fraction of sp³-hybridized carbons (Fsp3) is 0.412. The number of nitrogens with zero attached hydrogens (tertiary/aromatic N) is 2. The van der Waals surface area contributed by atoms with Crippen LogP contribution < -0.4 is 14.8 Å². The predicted molar refractivity (Wildman–Crippen MR) is 86.9 cm³/mol. The van der Waals surface area contributed by atoms with E-state index in [-0.39, 0.29) is 12.5 Å². The molecule has 1 aliphatic heterocycles. The number of hydrogen-bond donors (Lipinski definition) is 1. The molecule has 2 heterocycles. The highest BCUT2D eigenvalue weighted by Crippen LogP contribution is 2.31. The van der Waals surface area contributed by atoms with Crippen molar-refractivity contribution in [2.45, 2.75) is 39.3 Å². The fourth-order valence-electron chi connectivity index (χ4n) is 2.47. The zero-order valence-electron chi connectivity index (χ0n) is 13.4. The molecule has 0 fully saturated rings. The number of unbranched alkanes of at least 4 members (excludes halogenated alkanes) is 1. The molecule has 6 heteroatoms. The Bertz CT molecular complexity index is 696. The summed E-state index contributed by atoms with van der Waals surface area (Å²) in [5.41, 5.74) is 0.937. The summed E-state index contributed by atoms with van der Waals surface area (Å²) in [6.45, 7) is 5.04. The van der Waals surface area contributed by atoms with Gasteiger partial charge in [0.1, 0.15) is 12.4 Å². The Kier molecular flexibility index (Phi) is 4.50. The number of carbonyl (C=O) groups excluding carboxylic acids is 1. The number of anilines is 1. The monoisotopic (exact) mass is 315 g/mol. The zero-order chi connectivity index (χ0) is 16.2. The van der Waals surface area contributed by atoms with E-state index in [0.29, 0.717) is 11.5 Å². The molecule has 1 aromatic carbocycles. The first-order valence-electron chi connectivity index (χ1n) is 7.90. The maximum atomic E-state index is 12.5. The number of ether oxygens (including phenoxy) is 2. The summed E-state index contributed by atoms with van der Waals surface area (Å²) in [6, 6.07) is 7.35. The van der Waals surface area contributed by atoms with Gasteiger partial charge in [0.2, 0.25) is 6.10 Å². The van der Waals surface area contributed by atoms with E-state index in [0.717, 1.165) is 30.8 Å². The number of para-hydroxylation sites is 2. The molecule has 0 unspecified atom stereocenters. The number of fused-ring (bicyclic) bond motifs is 1. The molecule has 1 amide bonds. The number of aryl methyl sites for hydroxylation is 2. The lowest BCUT2D eigenvalue weighted by molar-refractivity contribution is -0.125. The average molecular weight is 315 g/mol. The summed E-state index contributed by atoms with van der Waals surface area (Å²) >= 11 is 0. The van der Waals surface area contributed by atoms with Crippen molar-refractivity contribution in [2.75, 3.05) is 11.9 Å². The molecule has 2 aromatic rings. The molecular formula is C17H21N3O3. The Balaban J connectivity index is 1.70. The van der Waals surface area contributed by atoms with Crippen LogP contribution in [-0.2, 0) is 11.3 Å². The molecule has 122 valence electrons. The molecule has 0 radical (unpaired) electrons. The van der Waals surface area contributed by atoms with E-state index >= 15 is 0 Å². The molecule has 0 spiro atoms. The molecular weight excluding hydrogens is 294 g/mol. The van der Waals surface area contributed by atoms with Crippen LogP contribution in [0.3, 0.4) is 0 Å². The van der Waals surface area contributed by atoms with Crippen LogP contribution in [0.25, 0.3) is 0 Å². The van der Waals surface area contributed by atoms with Gasteiger partial charge in [0.25, 0.3) is 5.91 Å². The summed E-state index contributed by atoms with van der Waals surface area (Å²) in [5.74, 6) is 1.77. The first-order chi connectivity index (χ1) is 11.2. The second-order valence-electron chi connectivity index (χ2n) is 5.61. The van der Waals surface area contributed by atoms with Gasteiger partial charge in [0.05, 0.1) is 6.20 Å². The first kappa shape index (κ1) is 15.4. The number of rotatable bonds is 5. The van der Waals surface area contributed by atoms with Crippen LogP contribution in [-0.4, -0.2) is 28.4 Å². The third kappa shape index (κ3) is 3.31. The van der Waals surface area contributed by atoms with Crippen LogP contribution in [0, 0.1) is 6.92 Å². The van der Waals surface area contributed by atoms with Gasteiger partial charge >= 0.3 is 0 Å². The van der Waals surface area contributed by atoms with Crippen LogP contribution in [0.5, 0.6) is 11.5 Å². The van der Waals surface area contributed by atoms with Crippen molar-refractivity contribution in [1.82, 2.24) is 9.78 Å². The minimum atomic E-state index is -0.668. The lowest BCUT2D eigenvalue weighted by atomic mass is 10.2. The van der Waals surface area contributed by atoms with Crippen LogP contribution in [0.4, 0.5) is 5.82 Å². The quantitative estimate of drug-likeness (QED) is 0.921. The lowest BCUT2D eigenvalue weighted by Gasteiger charge is -2.25. The van der Waals surface area contributed by atoms with E-state index in [1.807, 2.05) is 29.8 Å². The summed E-state index contributed by atoms with van der Waals surface area (Å²) < 4.78 is 13.2. The Morgan fingerprint density at radius 1 is 1.39 bits per heavy atom. The predicted octanol–water partition coefficient (Wildman–Crippen LogP) is 2.77. The van der Waals surface area contributed by atoms with E-state index in [2.05, 4.69) is 17.3 Å². The van der Waals surface area contributed by atoms with Crippen LogP contribution in [0.1, 0.15) is 25.3 Å². The average Bonchev–Trinajstić information content (AvgIpc) is 2.92. The molecule has 1 aromatic heterocycles. The van der Waals surface area contributed by atoms with Crippen molar-refractivity contribution >= 4 is 11.7 Å². The minimum Gasteiger partial charge on any atom is -0.485 e. The molecule has 1 aliphatic rings. The van der Waals surface area contributed by atoms with Gasteiger partial charge in [0, 0.05) is 12.1 Å². The van der Waals surface area contributed by atoms with Gasteiger partial charge in [-0.1, -0.05) is 25.5 Å². The number of aromatic nitrogens is 2. The van der Waals surface area contributed by atoms with E-state index in [9.17, 15) is 4.79 Å². The molecule has 3 rings (SSSR count). The van der Waals surface area contributed by atoms with E-state index in [4.69, 9.17) is 9.47 Å². The maximum absolute atomic E-state index is 12.5. The Hall–Kier alpha value is -2.50. The number of carbonyl (C=O) groups is 1. The summed E-state index contributed by atoms with van der Waals surface area (Å²) in [7, 11) is 0. The normalized spacial score (nSPS) is 16.2. The third-order valence-corrected chi connectivity index (χ3v) is 3.79. The van der Waals surface area contributed by atoms with Crippen molar-refractivity contribution < 1.29 is 14.3 Å². The van der Waals surface area contributed by atoms with E-state index in [1.165, 1.54) is 0 Å². The smallest absolute Gasteiger partial charge is 0.270 e. The highest BCUT2D eigenvalue weighted by atomic mass is 16.6. The SMILES string of the molecule is CCCCn1ncc(C)c1NC(=O)[C@@H]1COc2ccccc2O1. The van der Waals surface area contributed by atoms with Gasteiger partial charge in [0.15, 0.2) is 11.5 Å². The number of amides is 1. The number of nitrogens with one attached hydrogen (secondary N) is 1. The highest BCUT2D eigenvalue weighted by Gasteiger charge is 2.28. The second kappa shape index (κ2) is 6.73. The van der Waals surface area contributed by atoms with Crippen LogP contribution in [0.15, 0.2) is 30.5 Å². The second-order valence-corrected chi connectivity index (χ2v) is 5.61. The number of hydrogen-bond acceptors (Lipinski definition) is 4. The standard InChI is InChI=1S/C17H21N3O3/c1-3-4-9-20-16(12(2)10-18-20)19-17(21)15-11-22-13-7-5-6-8-14(13)23-15/h5-8,10,15H,3-4,9,11H2,1-2H3,(H,19,21)/t15-/m0/s1. The van der Waals surface area contributed by atoms with Gasteiger partial charge in [-0.2, -0.15) is 5.10 Å². The third-order valence-electron chi connectivity index (χ3n) is 3.79. The summed E-state index contributed by atoms with van der Waals surface area (Å²) in [6.07, 6.45) is 3.18. The van der Waals surface area contributed by atoms with Crippen molar-refractivity contribution in [3.8, 4) is 11.5 Å². The molecule has 1 N–H and O–H groups in total. The number of benzene rings is 1. The lowest BCUT2D eigenvalue weighted by Crippen LogP contribution is -2.40. The van der Waals surface area contributed by atoms with Crippen LogP contribution >= 0.6 is 0 Å². The molecule has 23 heavy (non-hydrogen) atoms. The van der Waals surface area contributed by atoms with Crippen molar-refractivity contribution in [2.24, 2.45) is 0 Å². The molecule has 0 saturated heterocycles. The van der Waals surface area contributed by atoms with Crippen molar-refractivity contribution in [3.05, 3.63) is 36.0 Å². The van der Waals surface area contributed by atoms with E-state index < -0.39 is 6.10 Å². The minimum absolute atomic E-state index is 0.199. The largest absolute Gasteiger partial charge is 0.485 e. The molecule has 6 nitrogen and oxygen atoms in total. The molecule has 0 saturated carbocycles. The van der Waals surface area contributed by atoms with Crippen LogP contribution in [0.2, 0.25) is 0 Å². The van der Waals surface area contributed by atoms with Gasteiger partial charge in [-0.05, 0) is 25.5 Å². The highest BCUT2D eigenvalue weighted by molar-refractivity contribution is 5.94.